The summed E-state index contributed by atoms with van der Waals surface area (Å²) in [5.41, 5.74) is 1.04. The zero-order valence-corrected chi connectivity index (χ0v) is 13.2. The molecule has 1 aromatic rings. The number of likely N-dealkylation sites (tertiary alicyclic amines) is 1. The summed E-state index contributed by atoms with van der Waals surface area (Å²) in [7, 11) is 1.53. The molecule has 1 aromatic carbocycles. The maximum absolute atomic E-state index is 11.6. The Morgan fingerprint density at radius 2 is 1.87 bits per heavy atom. The largest absolute Gasteiger partial charge is 0.395 e. The number of nitrogens with one attached hydrogen (secondary N) is 1. The molecule has 126 valence electrons. The molecule has 0 saturated carbocycles. The van der Waals surface area contributed by atoms with E-state index in [1.807, 2.05) is 42.5 Å². The lowest BCUT2D eigenvalue weighted by Gasteiger charge is -2.28. The molecule has 1 aliphatic rings. The second-order valence-electron chi connectivity index (χ2n) is 5.69. The lowest BCUT2D eigenvalue weighted by molar-refractivity contribution is -0.122. The maximum atomic E-state index is 11.6. The molecule has 1 fully saturated rings. The van der Waals surface area contributed by atoms with Gasteiger partial charge in [0.25, 0.3) is 0 Å². The Morgan fingerprint density at radius 3 is 2.48 bits per heavy atom. The SMILES string of the molecule is CNC(=O)C[C@@H]1[C@@H](O)[C@H](O)[C@@H](CO)N1C/C=C/c1ccccc1. The lowest BCUT2D eigenvalue weighted by Crippen LogP contribution is -2.43. The highest BCUT2D eigenvalue weighted by Gasteiger charge is 2.47. The van der Waals surface area contributed by atoms with Crippen molar-refractivity contribution in [1.29, 1.82) is 0 Å². The smallest absolute Gasteiger partial charge is 0.221 e. The molecule has 6 nitrogen and oxygen atoms in total. The molecule has 4 atom stereocenters. The number of rotatable bonds is 6. The number of amides is 1. The summed E-state index contributed by atoms with van der Waals surface area (Å²) in [4.78, 5) is 13.4. The van der Waals surface area contributed by atoms with Crippen LogP contribution in [0.5, 0.6) is 0 Å². The number of aliphatic hydroxyl groups excluding tert-OH is 3. The third-order valence-electron chi connectivity index (χ3n) is 4.28. The number of hydrogen-bond acceptors (Lipinski definition) is 5. The minimum atomic E-state index is -1.07. The van der Waals surface area contributed by atoms with Gasteiger partial charge in [-0.3, -0.25) is 9.69 Å². The van der Waals surface area contributed by atoms with Gasteiger partial charge < -0.3 is 20.6 Å². The minimum Gasteiger partial charge on any atom is -0.395 e. The van der Waals surface area contributed by atoms with Gasteiger partial charge in [-0.05, 0) is 5.56 Å². The molecule has 1 saturated heterocycles. The summed E-state index contributed by atoms with van der Waals surface area (Å²) in [5, 5.41) is 32.3. The summed E-state index contributed by atoms with van der Waals surface area (Å²) in [6, 6.07) is 8.64. The predicted molar refractivity (Wildman–Crippen MR) is 87.5 cm³/mol. The van der Waals surface area contributed by atoms with Crippen LogP contribution in [-0.4, -0.2) is 70.6 Å². The van der Waals surface area contributed by atoms with Crippen LogP contribution in [0.15, 0.2) is 36.4 Å². The molecular formula is C17H24N2O4. The van der Waals surface area contributed by atoms with Gasteiger partial charge in [0.1, 0.15) is 0 Å². The van der Waals surface area contributed by atoms with Crippen molar-refractivity contribution in [3.8, 4) is 0 Å². The van der Waals surface area contributed by atoms with Gasteiger partial charge in [-0.1, -0.05) is 42.5 Å². The van der Waals surface area contributed by atoms with Gasteiger partial charge in [-0.2, -0.15) is 0 Å². The Bertz CT molecular complexity index is 535. The van der Waals surface area contributed by atoms with Crippen molar-refractivity contribution in [2.75, 3.05) is 20.2 Å². The Hall–Kier alpha value is -1.73. The highest BCUT2D eigenvalue weighted by molar-refractivity contribution is 5.76. The van der Waals surface area contributed by atoms with E-state index in [1.54, 1.807) is 4.90 Å². The van der Waals surface area contributed by atoms with E-state index < -0.39 is 24.3 Å². The van der Waals surface area contributed by atoms with Crippen molar-refractivity contribution in [2.45, 2.75) is 30.7 Å². The monoisotopic (exact) mass is 320 g/mol. The van der Waals surface area contributed by atoms with E-state index in [-0.39, 0.29) is 18.9 Å². The van der Waals surface area contributed by atoms with Gasteiger partial charge in [-0.25, -0.2) is 0 Å². The molecule has 1 amide bonds. The molecular weight excluding hydrogens is 296 g/mol. The summed E-state index contributed by atoms with van der Waals surface area (Å²) in [5.74, 6) is -0.211. The van der Waals surface area contributed by atoms with Crippen LogP contribution in [0.1, 0.15) is 12.0 Å². The number of nitrogens with zero attached hydrogens (tertiary/aromatic N) is 1. The molecule has 0 aromatic heterocycles. The topological polar surface area (TPSA) is 93.0 Å². The zero-order chi connectivity index (χ0) is 16.8. The van der Waals surface area contributed by atoms with Crippen LogP contribution in [0.3, 0.4) is 0 Å². The van der Waals surface area contributed by atoms with E-state index in [0.717, 1.165) is 5.56 Å². The Balaban J connectivity index is 2.10. The molecule has 0 radical (unpaired) electrons. The Morgan fingerprint density at radius 1 is 1.22 bits per heavy atom. The number of carbonyl (C=O) groups excluding carboxylic acids is 1. The average Bonchev–Trinajstić information content (AvgIpc) is 2.80. The fourth-order valence-electron chi connectivity index (χ4n) is 2.98. The average molecular weight is 320 g/mol. The quantitative estimate of drug-likeness (QED) is 0.572. The molecule has 0 spiro atoms. The summed E-state index contributed by atoms with van der Waals surface area (Å²) >= 11 is 0. The van der Waals surface area contributed by atoms with Crippen LogP contribution in [0.25, 0.3) is 6.08 Å². The van der Waals surface area contributed by atoms with Crippen LogP contribution in [-0.2, 0) is 4.79 Å². The van der Waals surface area contributed by atoms with Crippen molar-refractivity contribution in [2.24, 2.45) is 0 Å². The van der Waals surface area contributed by atoms with Crippen molar-refractivity contribution in [1.82, 2.24) is 10.2 Å². The molecule has 0 bridgehead atoms. The molecule has 4 N–H and O–H groups in total. The zero-order valence-electron chi connectivity index (χ0n) is 13.2. The van der Waals surface area contributed by atoms with Gasteiger partial charge in [-0.15, -0.1) is 0 Å². The standard InChI is InChI=1S/C17H24N2O4/c1-18-15(21)10-13-16(22)17(23)14(11-20)19(13)9-5-8-12-6-3-2-4-7-12/h2-8,13-14,16-17,20,22-23H,9-11H2,1H3,(H,18,21)/b8-5+/t13-,14-,16-,17-/m1/s1. The van der Waals surface area contributed by atoms with Crippen LogP contribution >= 0.6 is 0 Å². The summed E-state index contributed by atoms with van der Waals surface area (Å²) in [6.07, 6.45) is 1.78. The van der Waals surface area contributed by atoms with Crippen LogP contribution in [0.2, 0.25) is 0 Å². The van der Waals surface area contributed by atoms with E-state index in [0.29, 0.717) is 6.54 Å². The fourth-order valence-corrected chi connectivity index (χ4v) is 2.98. The third-order valence-corrected chi connectivity index (χ3v) is 4.28. The first-order chi connectivity index (χ1) is 11.1. The number of carbonyl (C=O) groups is 1. The fraction of sp³-hybridized carbons (Fsp3) is 0.471. The first kappa shape index (κ1) is 17.6. The van der Waals surface area contributed by atoms with E-state index >= 15 is 0 Å². The van der Waals surface area contributed by atoms with Crippen LogP contribution in [0, 0.1) is 0 Å². The van der Waals surface area contributed by atoms with E-state index in [4.69, 9.17) is 0 Å². The van der Waals surface area contributed by atoms with Gasteiger partial charge in [0, 0.05) is 26.1 Å². The highest BCUT2D eigenvalue weighted by Crippen LogP contribution is 2.27. The third kappa shape index (κ3) is 4.17. The normalized spacial score (nSPS) is 28.3. The lowest BCUT2D eigenvalue weighted by atomic mass is 10.1. The summed E-state index contributed by atoms with van der Waals surface area (Å²) in [6.45, 7) is 0.150. The van der Waals surface area contributed by atoms with Crippen molar-refractivity contribution in [3.05, 3.63) is 42.0 Å². The van der Waals surface area contributed by atoms with Gasteiger partial charge >= 0.3 is 0 Å². The maximum Gasteiger partial charge on any atom is 0.221 e. The summed E-state index contributed by atoms with van der Waals surface area (Å²) < 4.78 is 0. The van der Waals surface area contributed by atoms with Crippen LogP contribution < -0.4 is 5.32 Å². The van der Waals surface area contributed by atoms with E-state index in [2.05, 4.69) is 5.32 Å². The van der Waals surface area contributed by atoms with Crippen LogP contribution in [0.4, 0.5) is 0 Å². The first-order valence-corrected chi connectivity index (χ1v) is 7.73. The van der Waals surface area contributed by atoms with Crippen molar-refractivity contribution in [3.63, 3.8) is 0 Å². The minimum absolute atomic E-state index is 0.0738. The first-order valence-electron chi connectivity index (χ1n) is 7.73. The number of aliphatic hydroxyl groups is 3. The highest BCUT2D eigenvalue weighted by atomic mass is 16.3. The van der Waals surface area contributed by atoms with Gasteiger partial charge in [0.2, 0.25) is 5.91 Å². The molecule has 23 heavy (non-hydrogen) atoms. The number of benzene rings is 1. The Kier molecular flexibility index (Phi) is 6.29. The van der Waals surface area contributed by atoms with E-state index in [1.165, 1.54) is 7.05 Å². The second kappa shape index (κ2) is 8.21. The van der Waals surface area contributed by atoms with Gasteiger partial charge in [0.15, 0.2) is 0 Å². The molecule has 1 aliphatic heterocycles. The molecule has 0 unspecified atom stereocenters. The number of hydrogen-bond donors (Lipinski definition) is 4. The molecule has 2 rings (SSSR count). The van der Waals surface area contributed by atoms with E-state index in [9.17, 15) is 20.1 Å². The molecule has 1 heterocycles. The molecule has 0 aliphatic carbocycles. The van der Waals surface area contributed by atoms with Crippen molar-refractivity contribution >= 4 is 12.0 Å². The Labute approximate surface area is 136 Å². The second-order valence-corrected chi connectivity index (χ2v) is 5.69. The van der Waals surface area contributed by atoms with Gasteiger partial charge in [0.05, 0.1) is 24.9 Å². The predicted octanol–water partition coefficient (Wildman–Crippen LogP) is -0.397. The molecule has 6 heteroatoms. The van der Waals surface area contributed by atoms with Crippen molar-refractivity contribution < 1.29 is 20.1 Å².